The Balaban J connectivity index is 2.19. The van der Waals surface area contributed by atoms with Gasteiger partial charge in [0.05, 0.1) is 35.5 Å². The van der Waals surface area contributed by atoms with Crippen molar-refractivity contribution in [3.63, 3.8) is 0 Å². The average Bonchev–Trinajstić information content (AvgIpc) is 3.30. The third-order valence-electron chi connectivity index (χ3n) is 4.21. The number of alkyl halides is 3. The number of anilines is 1. The molecule has 9 nitrogen and oxygen atoms in total. The van der Waals surface area contributed by atoms with Gasteiger partial charge in [-0.1, -0.05) is 24.3 Å². The summed E-state index contributed by atoms with van der Waals surface area (Å²) in [4.78, 5) is 48.8. The zero-order valence-electron chi connectivity index (χ0n) is 18.6. The second-order valence-electron chi connectivity index (χ2n) is 6.60. The molecular formula is C21H19ClF3N5O4S. The number of amides is 2. The Bertz CT molecular complexity index is 1210. The quantitative estimate of drug-likeness (QED) is 0.227. The topological polar surface area (TPSA) is 123 Å². The van der Waals surface area contributed by atoms with E-state index >= 15 is 0 Å². The van der Waals surface area contributed by atoms with Crippen molar-refractivity contribution < 1.29 is 32.3 Å². The second-order valence-corrected chi connectivity index (χ2v) is 8.07. The first-order valence-electron chi connectivity index (χ1n) is 9.67. The molecule has 2 aromatic rings. The van der Waals surface area contributed by atoms with Crippen LogP contribution in [-0.2, 0) is 20.5 Å². The minimum atomic E-state index is -4.72. The maximum absolute atomic E-state index is 13.0. The smallest absolute Gasteiger partial charge is 0.418 e. The van der Waals surface area contributed by atoms with Crippen LogP contribution in [0.1, 0.15) is 40.1 Å². The fourth-order valence-electron chi connectivity index (χ4n) is 2.59. The molecule has 0 aliphatic rings. The number of carbonyl (C=O) groups is 3. The summed E-state index contributed by atoms with van der Waals surface area (Å²) in [6.45, 7) is 6.62. The van der Waals surface area contributed by atoms with E-state index in [0.717, 1.165) is 30.7 Å². The van der Waals surface area contributed by atoms with Crippen molar-refractivity contribution in [2.75, 3.05) is 12.4 Å². The maximum atomic E-state index is 13.0. The number of aliphatic imine (C=N–C) groups is 1. The highest BCUT2D eigenvalue weighted by Gasteiger charge is 2.34. The molecule has 2 heterocycles. The first kappa shape index (κ1) is 27.7. The number of hydrogen-bond acceptors (Lipinski definition) is 8. The highest BCUT2D eigenvalue weighted by atomic mass is 35.5. The van der Waals surface area contributed by atoms with Crippen molar-refractivity contribution >= 4 is 52.8 Å². The molecular weight excluding hydrogens is 511 g/mol. The van der Waals surface area contributed by atoms with Gasteiger partial charge in [-0.3, -0.25) is 14.6 Å². The van der Waals surface area contributed by atoms with Gasteiger partial charge in [-0.25, -0.2) is 14.8 Å². The van der Waals surface area contributed by atoms with Crippen molar-refractivity contribution in [1.82, 2.24) is 15.3 Å². The van der Waals surface area contributed by atoms with Gasteiger partial charge in [-0.05, 0) is 19.9 Å². The van der Waals surface area contributed by atoms with E-state index in [-0.39, 0.29) is 22.0 Å². The second kappa shape index (κ2) is 11.7. The van der Waals surface area contributed by atoms with Gasteiger partial charge >= 0.3 is 12.1 Å². The lowest BCUT2D eigenvalue weighted by atomic mass is 10.2. The zero-order chi connectivity index (χ0) is 26.3. The molecule has 2 amide bonds. The summed E-state index contributed by atoms with van der Waals surface area (Å²) < 4.78 is 43.7. The van der Waals surface area contributed by atoms with Crippen LogP contribution in [0.25, 0.3) is 0 Å². The number of aromatic nitrogens is 2. The number of nitrogens with zero attached hydrogens (tertiary/aromatic N) is 3. The van der Waals surface area contributed by atoms with E-state index in [0.29, 0.717) is 11.1 Å². The molecule has 0 spiro atoms. The molecule has 2 N–H and O–H groups in total. The number of hydrogen-bond donors (Lipinski definition) is 2. The molecule has 0 bridgehead atoms. The Morgan fingerprint density at radius 2 is 1.97 bits per heavy atom. The van der Waals surface area contributed by atoms with Crippen LogP contribution >= 0.6 is 22.9 Å². The van der Waals surface area contributed by atoms with Crippen molar-refractivity contribution in [2.45, 2.75) is 26.1 Å². The van der Waals surface area contributed by atoms with Crippen LogP contribution in [0, 0.1) is 0 Å². The number of methoxy groups -OCH3 is 1. The monoisotopic (exact) mass is 529 g/mol. The predicted molar refractivity (Wildman–Crippen MR) is 124 cm³/mol. The van der Waals surface area contributed by atoms with Gasteiger partial charge in [0, 0.05) is 12.4 Å². The molecule has 14 heteroatoms. The molecule has 1 atom stereocenters. The molecule has 0 aromatic carbocycles. The predicted octanol–water partition coefficient (Wildman–Crippen LogP) is 4.34. The van der Waals surface area contributed by atoms with Crippen molar-refractivity contribution in [2.24, 2.45) is 4.99 Å². The highest BCUT2D eigenvalue weighted by Crippen LogP contribution is 2.35. The molecule has 1 unspecified atom stereocenters. The van der Waals surface area contributed by atoms with Crippen molar-refractivity contribution in [3.8, 4) is 0 Å². The molecule has 2 rings (SSSR count). The van der Waals surface area contributed by atoms with Gasteiger partial charge in [0.15, 0.2) is 0 Å². The number of halogens is 4. The summed E-state index contributed by atoms with van der Waals surface area (Å²) in [7, 11) is 1.14. The van der Waals surface area contributed by atoms with E-state index < -0.39 is 40.6 Å². The van der Waals surface area contributed by atoms with Crippen LogP contribution in [-0.4, -0.2) is 41.1 Å². The summed E-state index contributed by atoms with van der Waals surface area (Å²) in [5.41, 5.74) is -1.52. The molecule has 35 heavy (non-hydrogen) atoms. The third kappa shape index (κ3) is 6.96. The largest absolute Gasteiger partial charge is 0.465 e. The Morgan fingerprint density at radius 3 is 2.54 bits per heavy atom. The minimum Gasteiger partial charge on any atom is -0.465 e. The van der Waals surface area contributed by atoms with Gasteiger partial charge in [-0.2, -0.15) is 13.2 Å². The molecule has 186 valence electrons. The standard InChI is InChI=1S/C21H19ClF3N5O4S/c1-5-11(20(33)34-4)16(26-6-2)18(32)29-10(3)19-28-9-14(35-19)17(31)30-15-7-12(21(23,24)25)13(22)8-27-15/h5-10H,1H2,2-4H3,(H,29,32)(H,27,30,31)/b16-11+,26-6-. The Morgan fingerprint density at radius 1 is 1.29 bits per heavy atom. The number of ether oxygens (including phenoxy) is 1. The SMILES string of the molecule is C=C/C(C(=O)OC)=C(\N=C/C)C(=O)NC(C)c1ncc(C(=O)Nc2cc(C(F)(F)F)c(Cl)cn2)s1. The number of rotatable bonds is 8. The van der Waals surface area contributed by atoms with Crippen molar-refractivity contribution in [1.29, 1.82) is 0 Å². The minimum absolute atomic E-state index is 0.0510. The Hall–Kier alpha value is -3.58. The summed E-state index contributed by atoms with van der Waals surface area (Å²) >= 11 is 6.42. The highest BCUT2D eigenvalue weighted by molar-refractivity contribution is 7.13. The molecule has 0 aliphatic carbocycles. The lowest BCUT2D eigenvalue weighted by molar-refractivity contribution is -0.137. The number of nitrogens with one attached hydrogen (secondary N) is 2. The van der Waals surface area contributed by atoms with Crippen molar-refractivity contribution in [3.05, 3.63) is 62.9 Å². The van der Waals surface area contributed by atoms with Crippen LogP contribution in [0.5, 0.6) is 0 Å². The molecule has 0 aliphatic heterocycles. The zero-order valence-corrected chi connectivity index (χ0v) is 20.1. The van der Waals surface area contributed by atoms with Crippen LogP contribution < -0.4 is 10.6 Å². The average molecular weight is 530 g/mol. The van der Waals surface area contributed by atoms with Crippen LogP contribution in [0.4, 0.5) is 19.0 Å². The number of pyridine rings is 1. The summed E-state index contributed by atoms with van der Waals surface area (Å²) in [6, 6.07) is -0.101. The fourth-order valence-corrected chi connectivity index (χ4v) is 3.61. The Labute approximate surface area is 206 Å². The van der Waals surface area contributed by atoms with E-state index in [1.54, 1.807) is 13.8 Å². The van der Waals surface area contributed by atoms with Crippen LogP contribution in [0.3, 0.4) is 0 Å². The van der Waals surface area contributed by atoms with Gasteiger partial charge in [0.2, 0.25) is 0 Å². The number of carbonyl (C=O) groups excluding carboxylic acids is 3. The van der Waals surface area contributed by atoms with E-state index in [9.17, 15) is 27.6 Å². The third-order valence-corrected chi connectivity index (χ3v) is 5.69. The lowest BCUT2D eigenvalue weighted by Crippen LogP contribution is -2.29. The molecule has 0 saturated heterocycles. The fraction of sp³-hybridized carbons (Fsp3) is 0.238. The van der Waals surface area contributed by atoms with E-state index in [1.807, 2.05) is 0 Å². The normalized spacial score (nSPS) is 13.1. The van der Waals surface area contributed by atoms with Crippen LogP contribution in [0.15, 0.2) is 47.4 Å². The van der Waals surface area contributed by atoms with Gasteiger partial charge in [-0.15, -0.1) is 11.3 Å². The summed E-state index contributed by atoms with van der Waals surface area (Å²) in [5, 5.41) is 4.56. The first-order chi connectivity index (χ1) is 16.4. The summed E-state index contributed by atoms with van der Waals surface area (Å²) in [5.74, 6) is -2.63. The maximum Gasteiger partial charge on any atom is 0.418 e. The molecule has 0 fully saturated rings. The molecule has 0 saturated carbocycles. The lowest BCUT2D eigenvalue weighted by Gasteiger charge is -2.13. The number of thiazole rings is 1. The van der Waals surface area contributed by atoms with E-state index in [2.05, 4.69) is 36.9 Å². The van der Waals surface area contributed by atoms with Crippen LogP contribution in [0.2, 0.25) is 5.02 Å². The number of esters is 1. The van der Waals surface area contributed by atoms with E-state index in [4.69, 9.17) is 11.6 Å². The summed E-state index contributed by atoms with van der Waals surface area (Å²) in [6.07, 6.45) is -0.292. The molecule has 2 aromatic heterocycles. The molecule has 0 radical (unpaired) electrons. The van der Waals surface area contributed by atoms with Gasteiger partial charge in [0.1, 0.15) is 21.4 Å². The first-order valence-corrected chi connectivity index (χ1v) is 10.9. The van der Waals surface area contributed by atoms with Gasteiger partial charge < -0.3 is 15.4 Å². The Kier molecular flexibility index (Phi) is 9.25. The van der Waals surface area contributed by atoms with Gasteiger partial charge in [0.25, 0.3) is 11.8 Å². The van der Waals surface area contributed by atoms with E-state index in [1.165, 1.54) is 12.4 Å².